The number of hydrogen-bond donors (Lipinski definition) is 2. The standard InChI is InChI=1S/C23H24N6O2S/c1-23(22(30)29-6-3-7-29)5-4-14-18(10-23)32-21-19(14)20(24-12-25-21)27-16-8-13-11-26-28-15(13)9-17(16)31-2/h8-9,11-12H,3-7,10H2,1-2H3,(H,26,28)(H,24,25,27)/t23-/m0/s1. The van der Waals surface area contributed by atoms with Gasteiger partial charge in [-0.2, -0.15) is 5.10 Å². The summed E-state index contributed by atoms with van der Waals surface area (Å²) in [5.41, 5.74) is 2.69. The summed E-state index contributed by atoms with van der Waals surface area (Å²) in [5.74, 6) is 1.78. The van der Waals surface area contributed by atoms with Gasteiger partial charge >= 0.3 is 0 Å². The number of amides is 1. The molecular weight excluding hydrogens is 424 g/mol. The van der Waals surface area contributed by atoms with Crippen LogP contribution in [0.2, 0.25) is 0 Å². The van der Waals surface area contributed by atoms with E-state index in [-0.39, 0.29) is 5.41 Å². The number of nitrogens with zero attached hydrogens (tertiary/aromatic N) is 4. The van der Waals surface area contributed by atoms with Crippen molar-refractivity contribution in [2.75, 3.05) is 25.5 Å². The smallest absolute Gasteiger partial charge is 0.228 e. The van der Waals surface area contributed by atoms with Crippen LogP contribution in [0.25, 0.3) is 21.1 Å². The lowest BCUT2D eigenvalue weighted by Gasteiger charge is -2.41. The topological polar surface area (TPSA) is 96.0 Å². The summed E-state index contributed by atoms with van der Waals surface area (Å²) in [6.07, 6.45) is 6.97. The van der Waals surface area contributed by atoms with E-state index in [4.69, 9.17) is 4.74 Å². The largest absolute Gasteiger partial charge is 0.494 e. The quantitative estimate of drug-likeness (QED) is 0.489. The number of benzene rings is 1. The van der Waals surface area contributed by atoms with E-state index in [2.05, 4.69) is 32.4 Å². The molecule has 1 aromatic carbocycles. The van der Waals surface area contributed by atoms with Gasteiger partial charge in [0.2, 0.25) is 5.91 Å². The molecule has 1 aliphatic carbocycles. The zero-order valence-electron chi connectivity index (χ0n) is 18.1. The first-order valence-electron chi connectivity index (χ1n) is 10.9. The number of carbonyl (C=O) groups is 1. The predicted molar refractivity (Wildman–Crippen MR) is 125 cm³/mol. The number of thiophene rings is 1. The first-order valence-corrected chi connectivity index (χ1v) is 11.7. The second kappa shape index (κ2) is 7.16. The molecule has 9 heteroatoms. The van der Waals surface area contributed by atoms with Crippen LogP contribution >= 0.6 is 11.3 Å². The number of ether oxygens (including phenoxy) is 1. The molecule has 4 aromatic rings. The highest BCUT2D eigenvalue weighted by molar-refractivity contribution is 7.19. The average molecular weight is 449 g/mol. The van der Waals surface area contributed by atoms with Gasteiger partial charge in [-0.3, -0.25) is 9.89 Å². The molecule has 3 aromatic heterocycles. The Balaban J connectivity index is 1.38. The van der Waals surface area contributed by atoms with E-state index in [1.807, 2.05) is 17.0 Å². The fourth-order valence-corrected chi connectivity index (χ4v) is 6.20. The van der Waals surface area contributed by atoms with E-state index in [0.29, 0.717) is 11.7 Å². The lowest BCUT2D eigenvalue weighted by Crippen LogP contribution is -2.50. The minimum absolute atomic E-state index is 0.300. The number of methoxy groups -OCH3 is 1. The number of aryl methyl sites for hydroxylation is 1. The highest BCUT2D eigenvalue weighted by Gasteiger charge is 2.42. The maximum absolute atomic E-state index is 13.1. The van der Waals surface area contributed by atoms with Gasteiger partial charge in [-0.05, 0) is 37.3 Å². The number of hydrogen-bond acceptors (Lipinski definition) is 7. The van der Waals surface area contributed by atoms with Gasteiger partial charge < -0.3 is 15.0 Å². The SMILES string of the molecule is COc1cc2[nH]ncc2cc1Nc1ncnc2sc3c(c12)CC[C@](C)(C(=O)N1CCC1)C3. The van der Waals surface area contributed by atoms with Crippen molar-refractivity contribution in [2.24, 2.45) is 5.41 Å². The average Bonchev–Trinajstić information content (AvgIpc) is 3.35. The molecule has 4 heterocycles. The summed E-state index contributed by atoms with van der Waals surface area (Å²) in [6, 6.07) is 3.94. The van der Waals surface area contributed by atoms with Gasteiger partial charge in [-0.1, -0.05) is 6.92 Å². The predicted octanol–water partition coefficient (Wildman–Crippen LogP) is 4.05. The molecule has 2 aliphatic rings. The van der Waals surface area contributed by atoms with Crippen molar-refractivity contribution in [2.45, 2.75) is 32.6 Å². The molecule has 164 valence electrons. The molecule has 0 radical (unpaired) electrons. The number of nitrogens with one attached hydrogen (secondary N) is 2. The Morgan fingerprint density at radius 2 is 2.19 bits per heavy atom. The van der Waals surface area contributed by atoms with E-state index in [1.54, 1.807) is 31.0 Å². The molecule has 0 bridgehead atoms. The van der Waals surface area contributed by atoms with Crippen molar-refractivity contribution in [3.8, 4) is 5.75 Å². The van der Waals surface area contributed by atoms with Crippen LogP contribution in [-0.2, 0) is 17.6 Å². The molecular formula is C23H24N6O2S. The van der Waals surface area contributed by atoms with Crippen LogP contribution in [0.5, 0.6) is 5.75 Å². The monoisotopic (exact) mass is 448 g/mol. The van der Waals surface area contributed by atoms with Crippen molar-refractivity contribution < 1.29 is 9.53 Å². The van der Waals surface area contributed by atoms with Crippen LogP contribution in [0.4, 0.5) is 11.5 Å². The minimum Gasteiger partial charge on any atom is -0.494 e. The van der Waals surface area contributed by atoms with E-state index in [1.165, 1.54) is 10.4 Å². The molecule has 32 heavy (non-hydrogen) atoms. The van der Waals surface area contributed by atoms with Gasteiger partial charge in [0.15, 0.2) is 0 Å². The van der Waals surface area contributed by atoms with E-state index in [0.717, 1.165) is 71.4 Å². The number of likely N-dealkylation sites (tertiary alicyclic amines) is 1. The van der Waals surface area contributed by atoms with Gasteiger partial charge in [0.05, 0.1) is 35.3 Å². The summed E-state index contributed by atoms with van der Waals surface area (Å²) in [4.78, 5) is 26.4. The molecule has 1 atom stereocenters. The van der Waals surface area contributed by atoms with Gasteiger partial charge in [0.25, 0.3) is 0 Å². The molecule has 6 rings (SSSR count). The molecule has 8 nitrogen and oxygen atoms in total. The fourth-order valence-electron chi connectivity index (χ4n) is 4.83. The van der Waals surface area contributed by atoms with Gasteiger partial charge in [0.1, 0.15) is 22.7 Å². The summed E-state index contributed by atoms with van der Waals surface area (Å²) in [6.45, 7) is 3.92. The van der Waals surface area contributed by atoms with E-state index < -0.39 is 0 Å². The van der Waals surface area contributed by atoms with Crippen molar-refractivity contribution >= 4 is 49.9 Å². The second-order valence-electron chi connectivity index (χ2n) is 8.92. The van der Waals surface area contributed by atoms with Crippen LogP contribution in [0.15, 0.2) is 24.7 Å². The molecule has 0 saturated carbocycles. The highest BCUT2D eigenvalue weighted by atomic mass is 32.1. The van der Waals surface area contributed by atoms with Crippen LogP contribution in [0, 0.1) is 5.41 Å². The van der Waals surface area contributed by atoms with Gasteiger partial charge in [0, 0.05) is 29.4 Å². The molecule has 1 fully saturated rings. The number of anilines is 2. The lowest BCUT2D eigenvalue weighted by molar-refractivity contribution is -0.145. The number of carbonyl (C=O) groups excluding carboxylic acids is 1. The summed E-state index contributed by atoms with van der Waals surface area (Å²) in [7, 11) is 1.65. The number of H-pyrrole nitrogens is 1. The van der Waals surface area contributed by atoms with E-state index >= 15 is 0 Å². The first-order chi connectivity index (χ1) is 15.6. The zero-order valence-corrected chi connectivity index (χ0v) is 18.9. The van der Waals surface area contributed by atoms with Crippen LogP contribution < -0.4 is 10.1 Å². The molecule has 1 aliphatic heterocycles. The maximum Gasteiger partial charge on any atom is 0.228 e. The third-order valence-corrected chi connectivity index (χ3v) is 7.96. The molecule has 0 unspecified atom stereocenters. The van der Waals surface area contributed by atoms with E-state index in [9.17, 15) is 4.79 Å². The van der Waals surface area contributed by atoms with Crippen LogP contribution in [0.3, 0.4) is 0 Å². The number of rotatable bonds is 4. The highest BCUT2D eigenvalue weighted by Crippen LogP contribution is 2.46. The molecule has 2 N–H and O–H groups in total. The van der Waals surface area contributed by atoms with Crippen LogP contribution in [0.1, 0.15) is 30.2 Å². The van der Waals surface area contributed by atoms with Crippen LogP contribution in [-0.4, -0.2) is 51.2 Å². The van der Waals surface area contributed by atoms with Crippen molar-refractivity contribution in [3.05, 3.63) is 35.1 Å². The number of aromatic nitrogens is 4. The maximum atomic E-state index is 13.1. The molecule has 1 amide bonds. The molecule has 1 saturated heterocycles. The Morgan fingerprint density at radius 3 is 2.97 bits per heavy atom. The first kappa shape index (κ1) is 19.5. The summed E-state index contributed by atoms with van der Waals surface area (Å²) in [5, 5.41) is 12.6. The summed E-state index contributed by atoms with van der Waals surface area (Å²) >= 11 is 1.69. The Hall–Kier alpha value is -3.20. The Bertz CT molecular complexity index is 1360. The summed E-state index contributed by atoms with van der Waals surface area (Å²) < 4.78 is 5.60. The second-order valence-corrected chi connectivity index (χ2v) is 10.0. The zero-order chi connectivity index (χ0) is 21.9. The third-order valence-electron chi connectivity index (χ3n) is 6.82. The Morgan fingerprint density at radius 1 is 1.31 bits per heavy atom. The third kappa shape index (κ3) is 2.95. The number of aromatic amines is 1. The minimum atomic E-state index is -0.329. The molecule has 0 spiro atoms. The lowest BCUT2D eigenvalue weighted by atomic mass is 9.74. The van der Waals surface area contributed by atoms with Gasteiger partial charge in [-0.25, -0.2) is 9.97 Å². The Kier molecular flexibility index (Phi) is 4.36. The van der Waals surface area contributed by atoms with Gasteiger partial charge in [-0.15, -0.1) is 11.3 Å². The Labute approximate surface area is 189 Å². The normalized spacial score (nSPS) is 20.2. The van der Waals surface area contributed by atoms with Crippen molar-refractivity contribution in [1.82, 2.24) is 25.1 Å². The van der Waals surface area contributed by atoms with Crippen molar-refractivity contribution in [3.63, 3.8) is 0 Å². The fraction of sp³-hybridized carbons (Fsp3) is 0.391. The van der Waals surface area contributed by atoms with Crippen molar-refractivity contribution in [1.29, 1.82) is 0 Å². The number of fused-ring (bicyclic) bond motifs is 4.